The third-order valence-electron chi connectivity index (χ3n) is 4.41. The number of carbonyl (C=O) groups is 2. The molecule has 0 unspecified atom stereocenters. The van der Waals surface area contributed by atoms with Crippen molar-refractivity contribution in [3.63, 3.8) is 0 Å². The van der Waals surface area contributed by atoms with E-state index in [9.17, 15) is 14.9 Å². The Bertz CT molecular complexity index is 1070. The molecule has 0 saturated carbocycles. The van der Waals surface area contributed by atoms with Gasteiger partial charge in [-0.15, -0.1) is 0 Å². The molecule has 1 N–H and O–H groups in total. The van der Waals surface area contributed by atoms with E-state index in [1.165, 1.54) is 12.1 Å². The zero-order valence-corrected chi connectivity index (χ0v) is 19.2. The fourth-order valence-electron chi connectivity index (χ4n) is 2.74. The van der Waals surface area contributed by atoms with Gasteiger partial charge in [0.2, 0.25) is 0 Å². The summed E-state index contributed by atoms with van der Waals surface area (Å²) >= 11 is 6.33. The lowest BCUT2D eigenvalue weighted by Gasteiger charge is -2.14. The van der Waals surface area contributed by atoms with Gasteiger partial charge in [0.15, 0.2) is 18.1 Å². The molecule has 0 saturated heterocycles. The van der Waals surface area contributed by atoms with E-state index in [0.717, 1.165) is 11.1 Å². The van der Waals surface area contributed by atoms with Crippen molar-refractivity contribution in [1.82, 2.24) is 0 Å². The molecule has 7 nitrogen and oxygen atoms in total. The van der Waals surface area contributed by atoms with Crippen LogP contribution in [0, 0.1) is 25.2 Å². The van der Waals surface area contributed by atoms with Crippen LogP contribution in [0.4, 0.5) is 5.69 Å². The number of nitrogens with one attached hydrogen (secondary N) is 1. The SMILES string of the molecule is CCOC(=O)COc1c(Cl)cc(/C=C(\C#N)C(=O)Nc2ccc(C)c(C)c2)cc1OCC. The number of aryl methyl sites for hydroxylation is 2. The molecule has 0 bridgehead atoms. The maximum absolute atomic E-state index is 12.6. The number of rotatable bonds is 9. The topological polar surface area (TPSA) is 97.7 Å². The molecule has 1 amide bonds. The molecule has 0 aromatic heterocycles. The van der Waals surface area contributed by atoms with E-state index in [1.54, 1.807) is 26.0 Å². The van der Waals surface area contributed by atoms with Gasteiger partial charge in [-0.25, -0.2) is 4.79 Å². The summed E-state index contributed by atoms with van der Waals surface area (Å²) in [6.07, 6.45) is 1.40. The monoisotopic (exact) mass is 456 g/mol. The predicted octanol–water partition coefficient (Wildman–Crippen LogP) is 4.84. The van der Waals surface area contributed by atoms with Crippen LogP contribution < -0.4 is 14.8 Å². The van der Waals surface area contributed by atoms with Crippen LogP contribution in [0.5, 0.6) is 11.5 Å². The lowest BCUT2D eigenvalue weighted by atomic mass is 10.1. The average molecular weight is 457 g/mol. The van der Waals surface area contributed by atoms with Gasteiger partial charge in [-0.3, -0.25) is 4.79 Å². The number of hydrogen-bond acceptors (Lipinski definition) is 6. The summed E-state index contributed by atoms with van der Waals surface area (Å²) in [6.45, 7) is 7.61. The fourth-order valence-corrected chi connectivity index (χ4v) is 3.01. The van der Waals surface area contributed by atoms with Crippen molar-refractivity contribution >= 4 is 35.2 Å². The largest absolute Gasteiger partial charge is 0.490 e. The number of amides is 1. The van der Waals surface area contributed by atoms with Crippen molar-refractivity contribution in [3.05, 3.63) is 57.6 Å². The number of anilines is 1. The molecule has 168 valence electrons. The van der Waals surface area contributed by atoms with Crippen molar-refractivity contribution in [3.8, 4) is 17.6 Å². The summed E-state index contributed by atoms with van der Waals surface area (Å²) in [5.41, 5.74) is 3.07. The van der Waals surface area contributed by atoms with Crippen LogP contribution in [0.2, 0.25) is 5.02 Å². The van der Waals surface area contributed by atoms with Crippen LogP contribution in [0.1, 0.15) is 30.5 Å². The second-order valence-corrected chi connectivity index (χ2v) is 7.19. The highest BCUT2D eigenvalue weighted by Gasteiger charge is 2.16. The van der Waals surface area contributed by atoms with Crippen LogP contribution in [-0.2, 0) is 14.3 Å². The number of esters is 1. The van der Waals surface area contributed by atoms with Crippen molar-refractivity contribution in [2.75, 3.05) is 25.1 Å². The predicted molar refractivity (Wildman–Crippen MR) is 123 cm³/mol. The van der Waals surface area contributed by atoms with Gasteiger partial charge >= 0.3 is 5.97 Å². The maximum Gasteiger partial charge on any atom is 0.344 e. The summed E-state index contributed by atoms with van der Waals surface area (Å²) in [5, 5.41) is 12.4. The van der Waals surface area contributed by atoms with E-state index in [2.05, 4.69) is 5.32 Å². The van der Waals surface area contributed by atoms with Gasteiger partial charge in [0.05, 0.1) is 18.2 Å². The summed E-state index contributed by atoms with van der Waals surface area (Å²) in [5.74, 6) is -0.628. The number of nitrogens with zero attached hydrogens (tertiary/aromatic N) is 1. The van der Waals surface area contributed by atoms with Gasteiger partial charge in [-0.1, -0.05) is 17.7 Å². The lowest BCUT2D eigenvalue weighted by molar-refractivity contribution is -0.145. The molecule has 8 heteroatoms. The molecular weight excluding hydrogens is 432 g/mol. The van der Waals surface area contributed by atoms with Crippen molar-refractivity contribution in [1.29, 1.82) is 5.26 Å². The summed E-state index contributed by atoms with van der Waals surface area (Å²) in [4.78, 5) is 24.2. The van der Waals surface area contributed by atoms with Crippen LogP contribution in [0.25, 0.3) is 6.08 Å². The first-order chi connectivity index (χ1) is 15.3. The van der Waals surface area contributed by atoms with Crippen molar-refractivity contribution in [2.24, 2.45) is 0 Å². The van der Waals surface area contributed by atoms with E-state index in [-0.39, 0.29) is 35.3 Å². The highest BCUT2D eigenvalue weighted by molar-refractivity contribution is 6.32. The average Bonchev–Trinajstić information content (AvgIpc) is 2.74. The van der Waals surface area contributed by atoms with Gasteiger partial charge in [0.25, 0.3) is 5.91 Å². The third kappa shape index (κ3) is 6.76. The number of nitriles is 1. The number of benzene rings is 2. The van der Waals surface area contributed by atoms with Crippen molar-refractivity contribution in [2.45, 2.75) is 27.7 Å². The first-order valence-corrected chi connectivity index (χ1v) is 10.4. The number of hydrogen-bond donors (Lipinski definition) is 1. The molecule has 0 atom stereocenters. The molecular formula is C24H25ClN2O5. The number of ether oxygens (including phenoxy) is 3. The normalized spacial score (nSPS) is 10.8. The molecule has 32 heavy (non-hydrogen) atoms. The van der Waals surface area contributed by atoms with E-state index in [1.807, 2.05) is 32.0 Å². The Balaban J connectivity index is 2.29. The first-order valence-electron chi connectivity index (χ1n) is 10.0. The fraction of sp³-hybridized carbons (Fsp3) is 0.292. The molecule has 0 fully saturated rings. The summed E-state index contributed by atoms with van der Waals surface area (Å²) in [7, 11) is 0. The molecule has 2 aromatic carbocycles. The minimum atomic E-state index is -0.549. The summed E-state index contributed by atoms with van der Waals surface area (Å²) in [6, 6.07) is 10.5. The van der Waals surface area contributed by atoms with Crippen LogP contribution >= 0.6 is 11.6 Å². The second-order valence-electron chi connectivity index (χ2n) is 6.78. The van der Waals surface area contributed by atoms with Gasteiger partial charge in [-0.2, -0.15) is 5.26 Å². The van der Waals surface area contributed by atoms with E-state index in [4.69, 9.17) is 25.8 Å². The minimum Gasteiger partial charge on any atom is -0.490 e. The highest BCUT2D eigenvalue weighted by Crippen LogP contribution is 2.37. The quantitative estimate of drug-likeness (QED) is 0.329. The van der Waals surface area contributed by atoms with Crippen LogP contribution in [0.3, 0.4) is 0 Å². The van der Waals surface area contributed by atoms with Crippen molar-refractivity contribution < 1.29 is 23.8 Å². The lowest BCUT2D eigenvalue weighted by Crippen LogP contribution is -2.15. The molecule has 0 aliphatic rings. The molecule has 2 aromatic rings. The molecule has 0 radical (unpaired) electrons. The Hall–Kier alpha value is -3.50. The zero-order valence-electron chi connectivity index (χ0n) is 18.5. The molecule has 0 aliphatic carbocycles. The Labute approximate surface area is 192 Å². The molecule has 2 rings (SSSR count). The second kappa shape index (κ2) is 11.8. The van der Waals surface area contributed by atoms with Crippen LogP contribution in [0.15, 0.2) is 35.9 Å². The standard InChI is InChI=1S/C24H25ClN2O5/c1-5-30-21-12-17(11-20(25)23(21)32-14-22(28)31-6-2)10-18(13-26)24(29)27-19-8-7-15(3)16(4)9-19/h7-12H,5-6,14H2,1-4H3,(H,27,29)/b18-10+. The molecule has 0 spiro atoms. The Morgan fingerprint density at radius 3 is 2.47 bits per heavy atom. The van der Waals surface area contributed by atoms with Gasteiger partial charge in [-0.05, 0) is 74.7 Å². The Morgan fingerprint density at radius 2 is 1.84 bits per heavy atom. The minimum absolute atomic E-state index is 0.109. The first kappa shape index (κ1) is 24.8. The smallest absolute Gasteiger partial charge is 0.344 e. The van der Waals surface area contributed by atoms with Crippen LogP contribution in [-0.4, -0.2) is 31.7 Å². The van der Waals surface area contributed by atoms with Gasteiger partial charge in [0, 0.05) is 5.69 Å². The van der Waals surface area contributed by atoms with Gasteiger partial charge < -0.3 is 19.5 Å². The highest BCUT2D eigenvalue weighted by atomic mass is 35.5. The van der Waals surface area contributed by atoms with E-state index >= 15 is 0 Å². The Morgan fingerprint density at radius 1 is 1.09 bits per heavy atom. The van der Waals surface area contributed by atoms with E-state index in [0.29, 0.717) is 17.9 Å². The third-order valence-corrected chi connectivity index (χ3v) is 4.69. The molecule has 0 aliphatic heterocycles. The summed E-state index contributed by atoms with van der Waals surface area (Å²) < 4.78 is 15.9. The Kier molecular flexibility index (Phi) is 9.11. The number of halogens is 1. The maximum atomic E-state index is 12.6. The zero-order chi connectivity index (χ0) is 23.7. The number of carbonyl (C=O) groups excluding carboxylic acids is 2. The van der Waals surface area contributed by atoms with Gasteiger partial charge in [0.1, 0.15) is 11.6 Å². The van der Waals surface area contributed by atoms with E-state index < -0.39 is 11.9 Å². The molecule has 0 heterocycles.